The third-order valence-corrected chi connectivity index (χ3v) is 13.3. The van der Waals surface area contributed by atoms with Crippen molar-refractivity contribution in [3.63, 3.8) is 0 Å². The van der Waals surface area contributed by atoms with Crippen LogP contribution in [0.2, 0.25) is 0 Å². The van der Waals surface area contributed by atoms with Gasteiger partial charge in [-0.15, -0.1) is 0 Å². The van der Waals surface area contributed by atoms with E-state index in [1.165, 1.54) is 38.9 Å². The molecular formula is C59H64. The van der Waals surface area contributed by atoms with Crippen LogP contribution in [-0.2, 0) is 0 Å². The van der Waals surface area contributed by atoms with Gasteiger partial charge in [-0.2, -0.15) is 0 Å². The van der Waals surface area contributed by atoms with E-state index < -0.39 is 0 Å². The molecule has 6 atom stereocenters. The minimum absolute atomic E-state index is 0.395. The smallest absolute Gasteiger partial charge is 0.0150 e. The Bertz CT molecular complexity index is 2010. The summed E-state index contributed by atoms with van der Waals surface area (Å²) >= 11 is 0. The molecular weight excluding hydrogens is 709 g/mol. The van der Waals surface area contributed by atoms with Crippen LogP contribution in [0.4, 0.5) is 0 Å². The second-order valence-corrected chi connectivity index (χ2v) is 17.0. The lowest BCUT2D eigenvalue weighted by Gasteiger charge is -2.33. The molecule has 0 radical (unpaired) electrons. The average molecular weight is 773 g/mol. The Morgan fingerprint density at radius 2 is 0.339 bits per heavy atom. The summed E-state index contributed by atoms with van der Waals surface area (Å²) in [4.78, 5) is 0. The van der Waals surface area contributed by atoms with Gasteiger partial charge in [-0.25, -0.2) is 0 Å². The van der Waals surface area contributed by atoms with Crippen molar-refractivity contribution < 1.29 is 0 Å². The molecule has 59 heavy (non-hydrogen) atoms. The fourth-order valence-corrected chi connectivity index (χ4v) is 10.1. The van der Waals surface area contributed by atoms with Crippen LogP contribution in [0.1, 0.15) is 146 Å². The maximum Gasteiger partial charge on any atom is -0.0150 e. The Kier molecular flexibility index (Phi) is 15.6. The van der Waals surface area contributed by atoms with E-state index in [2.05, 4.69) is 226 Å². The molecule has 0 amide bonds. The van der Waals surface area contributed by atoms with Crippen molar-refractivity contribution in [3.8, 4) is 0 Å². The molecule has 0 spiro atoms. The normalized spacial score (nSPS) is 15.0. The molecule has 0 aromatic heterocycles. The van der Waals surface area contributed by atoms with Crippen molar-refractivity contribution in [2.45, 2.75) is 107 Å². The quantitative estimate of drug-likeness (QED) is 0.0682. The summed E-state index contributed by atoms with van der Waals surface area (Å²) in [5.74, 6) is 3.13. The molecule has 7 rings (SSSR count). The van der Waals surface area contributed by atoms with Gasteiger partial charge in [0.05, 0.1) is 0 Å². The number of hydrogen-bond acceptors (Lipinski definition) is 0. The Morgan fingerprint density at radius 1 is 0.203 bits per heavy atom. The van der Waals surface area contributed by atoms with Gasteiger partial charge in [-0.05, 0) is 132 Å². The Hall–Kier alpha value is -5.46. The molecule has 7 aromatic carbocycles. The van der Waals surface area contributed by atoms with Crippen molar-refractivity contribution in [1.82, 2.24) is 0 Å². The topological polar surface area (TPSA) is 0 Å². The maximum atomic E-state index is 2.41. The van der Waals surface area contributed by atoms with E-state index >= 15 is 0 Å². The molecule has 0 N–H and O–H groups in total. The summed E-state index contributed by atoms with van der Waals surface area (Å²) in [5, 5.41) is 0. The van der Waals surface area contributed by atoms with Gasteiger partial charge in [0, 0.05) is 0 Å². The van der Waals surface area contributed by atoms with E-state index in [4.69, 9.17) is 0 Å². The SMILES string of the molecule is CCC(CC(CC(CC(CC(CC(CC(CC)c1ccccc1)c1ccccc1)c1ccccc1)c1ccccc1)c1ccccc1)c1ccccc1)c1ccccc1. The minimum Gasteiger partial charge on any atom is -0.0648 e. The van der Waals surface area contributed by atoms with Crippen molar-refractivity contribution in [3.05, 3.63) is 251 Å². The van der Waals surface area contributed by atoms with Crippen LogP contribution in [0.15, 0.2) is 212 Å². The predicted octanol–water partition coefficient (Wildman–Crippen LogP) is 16.6. The Morgan fingerprint density at radius 3 is 0.492 bits per heavy atom. The highest BCUT2D eigenvalue weighted by Gasteiger charge is 2.30. The first-order valence-electron chi connectivity index (χ1n) is 22.5. The summed E-state index contributed by atoms with van der Waals surface area (Å²) < 4.78 is 0. The van der Waals surface area contributed by atoms with E-state index in [0.29, 0.717) is 41.4 Å². The third-order valence-electron chi connectivity index (χ3n) is 13.3. The van der Waals surface area contributed by atoms with Gasteiger partial charge in [-0.3, -0.25) is 0 Å². The summed E-state index contributed by atoms with van der Waals surface area (Å²) in [6.07, 6.45) is 9.05. The second kappa shape index (κ2) is 22.1. The van der Waals surface area contributed by atoms with Crippen LogP contribution in [0, 0.1) is 0 Å². The zero-order chi connectivity index (χ0) is 40.5. The largest absolute Gasteiger partial charge is 0.0648 e. The highest BCUT2D eigenvalue weighted by molar-refractivity contribution is 5.31. The molecule has 0 fully saturated rings. The van der Waals surface area contributed by atoms with Gasteiger partial charge < -0.3 is 0 Å². The first-order valence-corrected chi connectivity index (χ1v) is 22.5. The van der Waals surface area contributed by atoms with E-state index in [9.17, 15) is 0 Å². The fourth-order valence-electron chi connectivity index (χ4n) is 10.1. The molecule has 6 unspecified atom stereocenters. The summed E-state index contributed by atoms with van der Waals surface area (Å²) in [6, 6.07) is 79.8. The number of benzene rings is 7. The minimum atomic E-state index is 0.395. The van der Waals surface area contributed by atoms with Crippen LogP contribution < -0.4 is 0 Å². The highest BCUT2D eigenvalue weighted by atomic mass is 14.3. The van der Waals surface area contributed by atoms with E-state index in [1.54, 1.807) is 0 Å². The molecule has 7 aromatic rings. The lowest BCUT2D eigenvalue weighted by atomic mass is 9.71. The lowest BCUT2D eigenvalue weighted by molar-refractivity contribution is 0.381. The van der Waals surface area contributed by atoms with Gasteiger partial charge in [-0.1, -0.05) is 226 Å². The van der Waals surface area contributed by atoms with Gasteiger partial charge in [0.1, 0.15) is 0 Å². The fraction of sp³-hybridized carbons (Fsp3) is 0.288. The van der Waals surface area contributed by atoms with Gasteiger partial charge in [0.15, 0.2) is 0 Å². The lowest BCUT2D eigenvalue weighted by Crippen LogP contribution is -2.17. The standard InChI is InChI=1S/C59H64/c1-3-46(48-26-12-5-13-27-48)40-55(50-30-16-7-17-31-50)42-57(52-34-20-9-21-35-52)44-59(54-38-24-11-25-39-54)45-58(53-36-22-10-23-37-53)43-56(51-32-18-8-19-33-51)41-47(4-2)49-28-14-6-15-29-49/h5-39,46-47,55-59H,3-4,40-45H2,1-2H3. The first kappa shape index (κ1) is 41.7. The molecule has 0 aliphatic heterocycles. The van der Waals surface area contributed by atoms with Crippen molar-refractivity contribution >= 4 is 0 Å². The maximum absolute atomic E-state index is 2.41. The molecule has 300 valence electrons. The molecule has 0 heteroatoms. The summed E-state index contributed by atoms with van der Waals surface area (Å²) in [7, 11) is 0. The Labute approximate surface area is 356 Å². The van der Waals surface area contributed by atoms with Crippen LogP contribution in [0.3, 0.4) is 0 Å². The van der Waals surface area contributed by atoms with Crippen molar-refractivity contribution in [2.24, 2.45) is 0 Å². The molecule has 0 aliphatic carbocycles. The highest BCUT2D eigenvalue weighted by Crippen LogP contribution is 2.47. The second-order valence-electron chi connectivity index (χ2n) is 17.0. The zero-order valence-corrected chi connectivity index (χ0v) is 35.4. The summed E-state index contributed by atoms with van der Waals surface area (Å²) in [5.41, 5.74) is 10.3. The van der Waals surface area contributed by atoms with Crippen LogP contribution >= 0.6 is 0 Å². The average Bonchev–Trinajstić information content (AvgIpc) is 3.32. The predicted molar refractivity (Wildman–Crippen MR) is 253 cm³/mol. The van der Waals surface area contributed by atoms with E-state index in [-0.39, 0.29) is 0 Å². The molecule has 0 aliphatic rings. The molecule has 0 saturated carbocycles. The third kappa shape index (κ3) is 11.8. The van der Waals surface area contributed by atoms with Crippen molar-refractivity contribution in [2.75, 3.05) is 0 Å². The number of rotatable bonds is 21. The van der Waals surface area contributed by atoms with E-state index in [0.717, 1.165) is 51.4 Å². The molecule has 0 nitrogen and oxygen atoms in total. The summed E-state index contributed by atoms with van der Waals surface area (Å²) in [6.45, 7) is 4.74. The monoisotopic (exact) mass is 773 g/mol. The van der Waals surface area contributed by atoms with Gasteiger partial charge in [0.2, 0.25) is 0 Å². The van der Waals surface area contributed by atoms with Gasteiger partial charge in [0.25, 0.3) is 0 Å². The first-order chi connectivity index (χ1) is 29.2. The molecule has 0 bridgehead atoms. The van der Waals surface area contributed by atoms with Crippen LogP contribution in [0.25, 0.3) is 0 Å². The van der Waals surface area contributed by atoms with Gasteiger partial charge >= 0.3 is 0 Å². The zero-order valence-electron chi connectivity index (χ0n) is 35.4. The molecule has 0 heterocycles. The van der Waals surface area contributed by atoms with Crippen LogP contribution in [0.5, 0.6) is 0 Å². The Balaban J connectivity index is 1.25. The molecule has 0 saturated heterocycles. The number of hydrogen-bond donors (Lipinski definition) is 0. The van der Waals surface area contributed by atoms with Crippen molar-refractivity contribution in [1.29, 1.82) is 0 Å². The van der Waals surface area contributed by atoms with Crippen LogP contribution in [-0.4, -0.2) is 0 Å². The van der Waals surface area contributed by atoms with E-state index in [1.807, 2.05) is 0 Å².